The average molecular weight is 332 g/mol. The Morgan fingerprint density at radius 2 is 1.00 bits per heavy atom. The lowest BCUT2D eigenvalue weighted by molar-refractivity contribution is -0.129. The van der Waals surface area contributed by atoms with Gasteiger partial charge in [-0.1, -0.05) is 0 Å². The molecule has 0 heterocycles. The van der Waals surface area contributed by atoms with Gasteiger partial charge in [0.15, 0.2) is 0 Å². The zero-order chi connectivity index (χ0) is 17.8. The maximum absolute atomic E-state index is 11.8. The molecule has 0 radical (unpaired) electrons. The van der Waals surface area contributed by atoms with Crippen molar-refractivity contribution in [3.05, 3.63) is 0 Å². The van der Waals surface area contributed by atoms with Gasteiger partial charge in [-0.05, 0) is 19.3 Å². The topological polar surface area (TPSA) is 220 Å². The summed E-state index contributed by atoms with van der Waals surface area (Å²) in [5.41, 5.74) is 7.85. The van der Waals surface area contributed by atoms with E-state index in [1.54, 1.807) is 0 Å². The molecule has 2 atom stereocenters. The predicted molar refractivity (Wildman–Crippen MR) is 79.4 cm³/mol. The Morgan fingerprint density at radius 3 is 1.26 bits per heavy atom. The highest BCUT2D eigenvalue weighted by Crippen LogP contribution is 2.22. The molecule has 0 aromatic carbocycles. The maximum atomic E-state index is 11.8. The minimum atomic E-state index is -0.722. The van der Waals surface area contributed by atoms with Crippen LogP contribution in [0.15, 0.2) is 0 Å². The van der Waals surface area contributed by atoms with Crippen LogP contribution in [0.5, 0.6) is 0 Å². The van der Waals surface area contributed by atoms with Crippen molar-refractivity contribution in [2.45, 2.75) is 32.1 Å². The van der Waals surface area contributed by atoms with E-state index in [1.165, 1.54) is 0 Å². The van der Waals surface area contributed by atoms with Gasteiger partial charge in [-0.2, -0.15) is 0 Å². The largest absolute Gasteiger partial charge is 0.294 e. The average Bonchev–Trinajstić information content (AvgIpc) is 2.58. The van der Waals surface area contributed by atoms with Crippen molar-refractivity contribution in [1.82, 2.24) is 21.7 Å². The van der Waals surface area contributed by atoms with Crippen LogP contribution in [0.1, 0.15) is 32.1 Å². The molecule has 0 aliphatic rings. The lowest BCUT2D eigenvalue weighted by Gasteiger charge is -2.21. The molecular weight excluding hydrogens is 308 g/mol. The summed E-state index contributed by atoms with van der Waals surface area (Å²) in [6.45, 7) is 0. The summed E-state index contributed by atoms with van der Waals surface area (Å²) in [7, 11) is 0. The summed E-state index contributed by atoms with van der Waals surface area (Å²) in [5, 5.41) is 0. The second kappa shape index (κ2) is 11.3. The monoisotopic (exact) mass is 332 g/mol. The molecule has 0 fully saturated rings. The molecule has 0 aromatic heterocycles. The molecule has 12 heteroatoms. The van der Waals surface area contributed by atoms with Crippen molar-refractivity contribution in [1.29, 1.82) is 0 Å². The van der Waals surface area contributed by atoms with Crippen molar-refractivity contribution < 1.29 is 19.2 Å². The van der Waals surface area contributed by atoms with Gasteiger partial charge < -0.3 is 0 Å². The van der Waals surface area contributed by atoms with Crippen molar-refractivity contribution in [2.75, 3.05) is 0 Å². The van der Waals surface area contributed by atoms with Crippen LogP contribution < -0.4 is 45.1 Å². The molecule has 0 spiro atoms. The SMILES string of the molecule is NNC(=O)CC[C@H](C[C@H](CCC(=O)NN)C(=O)NN)C(=O)NN. The molecule has 23 heavy (non-hydrogen) atoms. The van der Waals surface area contributed by atoms with E-state index in [0.717, 1.165) is 0 Å². The number of carbonyl (C=O) groups is 4. The smallest absolute Gasteiger partial charge is 0.237 e. The molecule has 4 amide bonds. The van der Waals surface area contributed by atoms with Crippen LogP contribution in [-0.4, -0.2) is 23.6 Å². The molecule has 0 saturated carbocycles. The van der Waals surface area contributed by atoms with Gasteiger partial charge in [0.1, 0.15) is 0 Å². The minimum absolute atomic E-state index is 0.0190. The number of rotatable bonds is 10. The van der Waals surface area contributed by atoms with Crippen LogP contribution in [0.25, 0.3) is 0 Å². The van der Waals surface area contributed by atoms with Gasteiger partial charge in [0, 0.05) is 24.7 Å². The van der Waals surface area contributed by atoms with Crippen LogP contribution in [0.4, 0.5) is 0 Å². The van der Waals surface area contributed by atoms with E-state index in [-0.39, 0.29) is 32.1 Å². The van der Waals surface area contributed by atoms with E-state index in [9.17, 15) is 19.2 Å². The zero-order valence-electron chi connectivity index (χ0n) is 12.6. The van der Waals surface area contributed by atoms with Gasteiger partial charge in [0.25, 0.3) is 0 Å². The zero-order valence-corrected chi connectivity index (χ0v) is 12.6. The second-order valence-corrected chi connectivity index (χ2v) is 4.86. The Hall–Kier alpha value is -2.28. The van der Waals surface area contributed by atoms with Gasteiger partial charge in [0.2, 0.25) is 23.6 Å². The lowest BCUT2D eigenvalue weighted by Crippen LogP contribution is -2.42. The minimum Gasteiger partial charge on any atom is -0.294 e. The van der Waals surface area contributed by atoms with Crippen molar-refractivity contribution >= 4 is 23.6 Å². The number of nitrogens with one attached hydrogen (secondary N) is 4. The lowest BCUT2D eigenvalue weighted by atomic mass is 9.87. The summed E-state index contributed by atoms with van der Waals surface area (Å²) in [6, 6.07) is 0. The van der Waals surface area contributed by atoms with Gasteiger partial charge in [-0.25, -0.2) is 23.4 Å². The predicted octanol–water partition coefficient (Wildman–Crippen LogP) is -3.87. The first-order valence-corrected chi connectivity index (χ1v) is 6.89. The Balaban J connectivity index is 4.88. The molecule has 12 N–H and O–H groups in total. The number of hydrogen-bond donors (Lipinski definition) is 8. The standard InChI is InChI=1S/C11H24N8O4/c12-16-8(20)3-1-6(10(22)18-14)5-7(11(23)19-15)2-4-9(21)17-13/h6-7H,1-5,12-15H2,(H,16,20)(H,17,21)(H,18,22)(H,19,23)/t6-,7+. The van der Waals surface area contributed by atoms with Crippen LogP contribution in [-0.2, 0) is 19.2 Å². The van der Waals surface area contributed by atoms with E-state index < -0.39 is 35.5 Å². The molecule has 0 aromatic rings. The third-order valence-corrected chi connectivity index (χ3v) is 3.36. The first kappa shape index (κ1) is 20.7. The third-order valence-electron chi connectivity index (χ3n) is 3.36. The van der Waals surface area contributed by atoms with Gasteiger partial charge in [-0.3, -0.25) is 40.9 Å². The first-order valence-electron chi connectivity index (χ1n) is 6.89. The number of nitrogens with two attached hydrogens (primary N) is 4. The quantitative estimate of drug-likeness (QED) is 0.112. The van der Waals surface area contributed by atoms with Crippen molar-refractivity contribution in [3.8, 4) is 0 Å². The number of hydrogen-bond acceptors (Lipinski definition) is 8. The Kier molecular flexibility index (Phi) is 10.2. The number of carbonyl (C=O) groups excluding carboxylic acids is 4. The van der Waals surface area contributed by atoms with Gasteiger partial charge in [-0.15, -0.1) is 0 Å². The fourth-order valence-corrected chi connectivity index (χ4v) is 2.05. The fraction of sp³-hybridized carbons (Fsp3) is 0.636. The summed E-state index contributed by atoms with van der Waals surface area (Å²) < 4.78 is 0. The summed E-state index contributed by atoms with van der Waals surface area (Å²) in [5.74, 6) is 16.7. The van der Waals surface area contributed by atoms with E-state index >= 15 is 0 Å². The highest BCUT2D eigenvalue weighted by molar-refractivity contribution is 5.83. The van der Waals surface area contributed by atoms with Crippen LogP contribution >= 0.6 is 0 Å². The highest BCUT2D eigenvalue weighted by atomic mass is 16.2. The Labute approximate surface area is 132 Å². The Bertz CT molecular complexity index is 392. The molecule has 0 aliphatic heterocycles. The molecular formula is C11H24N8O4. The summed E-state index contributed by atoms with van der Waals surface area (Å²) in [6.07, 6.45) is 0.276. The molecule has 0 aliphatic carbocycles. The normalized spacial score (nSPS) is 12.7. The molecule has 0 saturated heterocycles. The maximum Gasteiger partial charge on any atom is 0.237 e. The van der Waals surface area contributed by atoms with Crippen LogP contribution in [0.2, 0.25) is 0 Å². The molecule has 0 bridgehead atoms. The van der Waals surface area contributed by atoms with Crippen LogP contribution in [0, 0.1) is 11.8 Å². The highest BCUT2D eigenvalue weighted by Gasteiger charge is 2.27. The van der Waals surface area contributed by atoms with Crippen LogP contribution in [0.3, 0.4) is 0 Å². The third kappa shape index (κ3) is 8.06. The first-order chi connectivity index (χ1) is 10.9. The number of hydrazine groups is 4. The second-order valence-electron chi connectivity index (χ2n) is 4.86. The van der Waals surface area contributed by atoms with E-state index in [4.69, 9.17) is 23.4 Å². The van der Waals surface area contributed by atoms with E-state index in [2.05, 4.69) is 0 Å². The molecule has 12 nitrogen and oxygen atoms in total. The van der Waals surface area contributed by atoms with Crippen molar-refractivity contribution in [3.63, 3.8) is 0 Å². The molecule has 132 valence electrons. The summed E-state index contributed by atoms with van der Waals surface area (Å²) in [4.78, 5) is 46.0. The van der Waals surface area contributed by atoms with Crippen molar-refractivity contribution in [2.24, 2.45) is 35.2 Å². The molecule has 0 rings (SSSR count). The van der Waals surface area contributed by atoms with Gasteiger partial charge >= 0.3 is 0 Å². The van der Waals surface area contributed by atoms with Gasteiger partial charge in [0.05, 0.1) is 0 Å². The number of amides is 4. The molecule has 0 unspecified atom stereocenters. The Morgan fingerprint density at radius 1 is 0.652 bits per heavy atom. The summed E-state index contributed by atoms with van der Waals surface area (Å²) >= 11 is 0. The van der Waals surface area contributed by atoms with E-state index in [0.29, 0.717) is 0 Å². The van der Waals surface area contributed by atoms with E-state index in [1.807, 2.05) is 21.7 Å². The fourth-order valence-electron chi connectivity index (χ4n) is 2.05.